The summed E-state index contributed by atoms with van der Waals surface area (Å²) in [4.78, 5) is 23.6. The molecular formula is C15H28N2O3. The Morgan fingerprint density at radius 1 is 1.35 bits per heavy atom. The van der Waals surface area contributed by atoms with Crippen LogP contribution in [0, 0.1) is 11.8 Å². The van der Waals surface area contributed by atoms with Gasteiger partial charge in [-0.25, -0.2) is 4.79 Å². The van der Waals surface area contributed by atoms with E-state index in [1.54, 1.807) is 0 Å². The molecular weight excluding hydrogens is 256 g/mol. The summed E-state index contributed by atoms with van der Waals surface area (Å²) in [5, 5.41) is 12.2. The highest BCUT2D eigenvalue weighted by molar-refractivity contribution is 5.87. The van der Waals surface area contributed by atoms with Gasteiger partial charge in [-0.3, -0.25) is 4.79 Å². The number of carbonyl (C=O) groups excluding carboxylic acids is 1. The Morgan fingerprint density at radius 3 is 2.30 bits per heavy atom. The average molecular weight is 284 g/mol. The first-order valence-corrected chi connectivity index (χ1v) is 7.60. The average Bonchev–Trinajstić information content (AvgIpc) is 2.38. The van der Waals surface area contributed by atoms with Crippen LogP contribution in [0.15, 0.2) is 0 Å². The molecule has 0 radical (unpaired) electrons. The molecule has 5 nitrogen and oxygen atoms in total. The number of hydrogen-bond acceptors (Lipinski definition) is 3. The lowest BCUT2D eigenvalue weighted by Crippen LogP contribution is -2.57. The molecule has 1 aliphatic carbocycles. The molecule has 1 unspecified atom stereocenters. The Bertz CT molecular complexity index is 347. The SMILES string of the molecule is CCC1CCC(NC(=O)CC(N)C(C)C)(C(=O)O)CC1. The van der Waals surface area contributed by atoms with Crippen molar-refractivity contribution in [2.75, 3.05) is 0 Å². The first-order valence-electron chi connectivity index (χ1n) is 7.60. The van der Waals surface area contributed by atoms with Crippen LogP contribution in [0.25, 0.3) is 0 Å². The van der Waals surface area contributed by atoms with E-state index in [0.717, 1.165) is 19.3 Å². The Hall–Kier alpha value is -1.10. The molecule has 1 rings (SSSR count). The van der Waals surface area contributed by atoms with E-state index in [0.29, 0.717) is 18.8 Å². The monoisotopic (exact) mass is 284 g/mol. The highest BCUT2D eigenvalue weighted by Crippen LogP contribution is 2.34. The van der Waals surface area contributed by atoms with Gasteiger partial charge < -0.3 is 16.2 Å². The number of nitrogens with one attached hydrogen (secondary N) is 1. The summed E-state index contributed by atoms with van der Waals surface area (Å²) in [6, 6.07) is -0.229. The summed E-state index contributed by atoms with van der Waals surface area (Å²) in [6.07, 6.45) is 4.01. The van der Waals surface area contributed by atoms with Gasteiger partial charge in [0.25, 0.3) is 0 Å². The zero-order chi connectivity index (χ0) is 15.3. The van der Waals surface area contributed by atoms with Crippen LogP contribution in [0.4, 0.5) is 0 Å². The minimum absolute atomic E-state index is 0.184. The second-order valence-electron chi connectivity index (χ2n) is 6.40. The Labute approximate surface area is 121 Å². The lowest BCUT2D eigenvalue weighted by molar-refractivity contribution is -0.149. The molecule has 1 amide bonds. The van der Waals surface area contributed by atoms with Gasteiger partial charge in [0.1, 0.15) is 5.54 Å². The minimum atomic E-state index is -1.08. The van der Waals surface area contributed by atoms with Crippen LogP contribution < -0.4 is 11.1 Å². The number of aliphatic carboxylic acids is 1. The number of rotatable bonds is 6. The van der Waals surface area contributed by atoms with E-state index < -0.39 is 11.5 Å². The van der Waals surface area contributed by atoms with Crippen molar-refractivity contribution in [3.63, 3.8) is 0 Å². The van der Waals surface area contributed by atoms with E-state index in [9.17, 15) is 14.7 Å². The summed E-state index contributed by atoms with van der Waals surface area (Å²) in [5.41, 5.74) is 4.79. The normalized spacial score (nSPS) is 28.1. The summed E-state index contributed by atoms with van der Waals surface area (Å²) < 4.78 is 0. The molecule has 0 saturated heterocycles. The highest BCUT2D eigenvalue weighted by atomic mass is 16.4. The fourth-order valence-electron chi connectivity index (χ4n) is 2.74. The van der Waals surface area contributed by atoms with Crippen LogP contribution in [0.1, 0.15) is 59.3 Å². The first-order chi connectivity index (χ1) is 9.30. The van der Waals surface area contributed by atoms with Crippen molar-refractivity contribution >= 4 is 11.9 Å². The number of hydrogen-bond donors (Lipinski definition) is 3. The molecule has 4 N–H and O–H groups in total. The van der Waals surface area contributed by atoms with E-state index in [4.69, 9.17) is 5.73 Å². The van der Waals surface area contributed by atoms with Gasteiger partial charge in [-0.15, -0.1) is 0 Å². The van der Waals surface area contributed by atoms with Crippen molar-refractivity contribution in [2.24, 2.45) is 17.6 Å². The second kappa shape index (κ2) is 7.07. The Kier molecular flexibility index (Phi) is 5.99. The number of carboxylic acid groups (broad SMARTS) is 1. The van der Waals surface area contributed by atoms with E-state index in [2.05, 4.69) is 12.2 Å². The molecule has 116 valence electrons. The standard InChI is InChI=1S/C15H28N2O3/c1-4-11-5-7-15(8-6-11,14(19)20)17-13(18)9-12(16)10(2)3/h10-12H,4-9,16H2,1-3H3,(H,17,18)(H,19,20). The van der Waals surface area contributed by atoms with Crippen LogP contribution in [0.2, 0.25) is 0 Å². The van der Waals surface area contributed by atoms with Crippen molar-refractivity contribution < 1.29 is 14.7 Å². The van der Waals surface area contributed by atoms with E-state index in [1.165, 1.54) is 0 Å². The molecule has 1 saturated carbocycles. The van der Waals surface area contributed by atoms with Gasteiger partial charge in [0.2, 0.25) is 5.91 Å². The third kappa shape index (κ3) is 4.20. The topological polar surface area (TPSA) is 92.4 Å². The molecule has 0 spiro atoms. The molecule has 1 fully saturated rings. The maximum absolute atomic E-state index is 12.0. The summed E-state index contributed by atoms with van der Waals surface area (Å²) in [7, 11) is 0. The molecule has 0 aromatic rings. The molecule has 0 aliphatic heterocycles. The summed E-state index contributed by atoms with van der Waals surface area (Å²) in [5.74, 6) is -0.378. The van der Waals surface area contributed by atoms with Gasteiger partial charge >= 0.3 is 5.97 Å². The summed E-state index contributed by atoms with van der Waals surface area (Å²) in [6.45, 7) is 6.04. The van der Waals surface area contributed by atoms with E-state index in [1.807, 2.05) is 13.8 Å². The van der Waals surface area contributed by atoms with Crippen LogP contribution in [0.5, 0.6) is 0 Å². The van der Waals surface area contributed by atoms with Gasteiger partial charge in [-0.2, -0.15) is 0 Å². The predicted octanol–water partition coefficient (Wildman–Crippen LogP) is 1.90. The Balaban J connectivity index is 2.64. The molecule has 1 atom stereocenters. The van der Waals surface area contributed by atoms with Gasteiger partial charge in [0.15, 0.2) is 0 Å². The van der Waals surface area contributed by atoms with Crippen molar-refractivity contribution in [1.82, 2.24) is 5.32 Å². The fourth-order valence-corrected chi connectivity index (χ4v) is 2.74. The predicted molar refractivity (Wildman–Crippen MR) is 78.2 cm³/mol. The van der Waals surface area contributed by atoms with Crippen molar-refractivity contribution in [3.8, 4) is 0 Å². The van der Waals surface area contributed by atoms with Gasteiger partial charge in [-0.05, 0) is 37.5 Å². The molecule has 20 heavy (non-hydrogen) atoms. The van der Waals surface area contributed by atoms with Crippen molar-refractivity contribution in [1.29, 1.82) is 0 Å². The van der Waals surface area contributed by atoms with Crippen LogP contribution in [-0.4, -0.2) is 28.6 Å². The lowest BCUT2D eigenvalue weighted by atomic mass is 9.75. The molecule has 1 aliphatic rings. The van der Waals surface area contributed by atoms with Crippen LogP contribution in [-0.2, 0) is 9.59 Å². The summed E-state index contributed by atoms with van der Waals surface area (Å²) >= 11 is 0. The van der Waals surface area contributed by atoms with Gasteiger partial charge in [0, 0.05) is 12.5 Å². The third-order valence-electron chi connectivity index (χ3n) is 4.60. The Morgan fingerprint density at radius 2 is 1.90 bits per heavy atom. The number of nitrogens with two attached hydrogens (primary N) is 1. The fraction of sp³-hybridized carbons (Fsp3) is 0.867. The minimum Gasteiger partial charge on any atom is -0.480 e. The number of carboxylic acids is 1. The number of amides is 1. The van der Waals surface area contributed by atoms with E-state index in [-0.39, 0.29) is 24.3 Å². The third-order valence-corrected chi connectivity index (χ3v) is 4.60. The molecule has 5 heteroatoms. The molecule has 0 aromatic carbocycles. The van der Waals surface area contributed by atoms with E-state index >= 15 is 0 Å². The molecule has 0 bridgehead atoms. The molecule has 0 heterocycles. The van der Waals surface area contributed by atoms with Crippen LogP contribution in [0.3, 0.4) is 0 Å². The second-order valence-corrected chi connectivity index (χ2v) is 6.40. The zero-order valence-corrected chi connectivity index (χ0v) is 12.8. The maximum Gasteiger partial charge on any atom is 0.329 e. The highest BCUT2D eigenvalue weighted by Gasteiger charge is 2.42. The van der Waals surface area contributed by atoms with Gasteiger partial charge in [-0.1, -0.05) is 27.2 Å². The lowest BCUT2D eigenvalue weighted by Gasteiger charge is -2.37. The maximum atomic E-state index is 12.0. The first kappa shape index (κ1) is 17.0. The van der Waals surface area contributed by atoms with Gasteiger partial charge in [0.05, 0.1) is 0 Å². The zero-order valence-electron chi connectivity index (χ0n) is 12.8. The largest absolute Gasteiger partial charge is 0.480 e. The van der Waals surface area contributed by atoms with Crippen LogP contribution >= 0.6 is 0 Å². The van der Waals surface area contributed by atoms with Crippen molar-refractivity contribution in [3.05, 3.63) is 0 Å². The quantitative estimate of drug-likeness (QED) is 0.694. The van der Waals surface area contributed by atoms with Crippen molar-refractivity contribution in [2.45, 2.75) is 70.9 Å². The smallest absolute Gasteiger partial charge is 0.329 e. The molecule has 0 aromatic heterocycles. The number of carbonyl (C=O) groups is 2.